The first kappa shape index (κ1) is 33.8. The molecule has 40 heavy (non-hydrogen) atoms. The first-order valence-electron chi connectivity index (χ1n) is 14.3. The van der Waals surface area contributed by atoms with E-state index >= 15 is 0 Å². The molecule has 2 aliphatic rings. The van der Waals surface area contributed by atoms with Crippen molar-refractivity contribution in [2.75, 3.05) is 13.1 Å². The second-order valence-corrected chi connectivity index (χ2v) is 13.5. The molecule has 1 unspecified atom stereocenters. The van der Waals surface area contributed by atoms with E-state index in [1.54, 1.807) is 34.6 Å². The van der Waals surface area contributed by atoms with Gasteiger partial charge in [-0.1, -0.05) is 39.0 Å². The minimum Gasteiger partial charge on any atom is -0.444 e. The van der Waals surface area contributed by atoms with Crippen molar-refractivity contribution in [3.05, 3.63) is 0 Å². The summed E-state index contributed by atoms with van der Waals surface area (Å²) in [6, 6.07) is -0.980. The van der Waals surface area contributed by atoms with Crippen LogP contribution in [0.4, 0.5) is 4.79 Å². The van der Waals surface area contributed by atoms with Crippen molar-refractivity contribution >= 4 is 34.1 Å². The van der Waals surface area contributed by atoms with Gasteiger partial charge in [0.15, 0.2) is 0 Å². The number of nitrogens with zero attached hydrogens (tertiary/aromatic N) is 1. The summed E-state index contributed by atoms with van der Waals surface area (Å²) < 4.78 is 37.3. The molecule has 0 aliphatic heterocycles. The Balaban J connectivity index is 2.07. The third-order valence-corrected chi connectivity index (χ3v) is 8.34. The van der Waals surface area contributed by atoms with Crippen molar-refractivity contribution in [1.82, 2.24) is 20.3 Å². The molecule has 0 bridgehead atoms. The van der Waals surface area contributed by atoms with Gasteiger partial charge in [0.25, 0.3) is 5.91 Å². The van der Waals surface area contributed by atoms with E-state index in [0.717, 1.165) is 32.1 Å². The lowest BCUT2D eigenvalue weighted by Gasteiger charge is -2.29. The van der Waals surface area contributed by atoms with E-state index in [0.29, 0.717) is 19.3 Å². The van der Waals surface area contributed by atoms with Crippen LogP contribution in [0, 0.1) is 5.92 Å². The molecule has 230 valence electrons. The van der Waals surface area contributed by atoms with E-state index in [-0.39, 0.29) is 25.4 Å². The van der Waals surface area contributed by atoms with Gasteiger partial charge in [0, 0.05) is 6.54 Å². The second-order valence-electron chi connectivity index (χ2n) is 12.2. The molecule has 2 aliphatic carbocycles. The van der Waals surface area contributed by atoms with Crippen LogP contribution >= 0.6 is 0 Å². The highest BCUT2D eigenvalue weighted by Gasteiger charge is 2.62. The van der Waals surface area contributed by atoms with Crippen LogP contribution in [0.1, 0.15) is 106 Å². The van der Waals surface area contributed by atoms with Crippen LogP contribution in [0.3, 0.4) is 0 Å². The minimum atomic E-state index is -4.36. The Bertz CT molecular complexity index is 1040. The van der Waals surface area contributed by atoms with Crippen LogP contribution in [0.5, 0.6) is 0 Å². The zero-order valence-corrected chi connectivity index (χ0v) is 25.9. The summed E-state index contributed by atoms with van der Waals surface area (Å²) in [5.41, 5.74) is -2.95. The molecular weight excluding hydrogens is 540 g/mol. The molecule has 0 radical (unpaired) electrons. The fourth-order valence-electron chi connectivity index (χ4n) is 4.61. The van der Waals surface area contributed by atoms with Crippen LogP contribution in [0.2, 0.25) is 0 Å². The van der Waals surface area contributed by atoms with Gasteiger partial charge in [-0.05, 0) is 73.1 Å². The highest BCUT2D eigenvalue weighted by Crippen LogP contribution is 2.48. The predicted molar refractivity (Wildman–Crippen MR) is 149 cm³/mol. The fraction of sp³-hybridized carbons (Fsp3) is 0.852. The first-order chi connectivity index (χ1) is 18.5. The van der Waals surface area contributed by atoms with Crippen molar-refractivity contribution in [3.63, 3.8) is 0 Å². The molecule has 3 atom stereocenters. The van der Waals surface area contributed by atoms with Crippen LogP contribution in [0.15, 0.2) is 0 Å². The zero-order valence-electron chi connectivity index (χ0n) is 25.1. The van der Waals surface area contributed by atoms with E-state index in [9.17, 15) is 27.6 Å². The van der Waals surface area contributed by atoms with Crippen LogP contribution in [-0.4, -0.2) is 73.0 Å². The van der Waals surface area contributed by atoms with Crippen LogP contribution in [0.25, 0.3) is 0 Å². The van der Waals surface area contributed by atoms with Gasteiger partial charge in [-0.3, -0.25) is 14.4 Å². The van der Waals surface area contributed by atoms with Gasteiger partial charge in [-0.15, -0.1) is 0 Å². The molecule has 0 heterocycles. The maximum Gasteiger partial charge on any atom is 0.408 e. The number of nitrogens with one attached hydrogen (secondary N) is 3. The lowest BCUT2D eigenvalue weighted by Crippen LogP contribution is -2.58. The number of carbonyl (C=O) groups is 4. The summed E-state index contributed by atoms with van der Waals surface area (Å²) in [6.07, 6.45) is 6.45. The monoisotopic (exact) mass is 588 g/mol. The number of carbonyl (C=O) groups excluding carboxylic acids is 4. The summed E-state index contributed by atoms with van der Waals surface area (Å²) in [6.45, 7) is 11.9. The van der Waals surface area contributed by atoms with Gasteiger partial charge < -0.3 is 20.3 Å². The number of alkyl carbamates (subject to hydrolysis) is 1. The van der Waals surface area contributed by atoms with E-state index in [1.165, 1.54) is 11.8 Å². The SMILES string of the molecule is CCCCCCCC1C[C@]1(NC(=O)[C@H](C)N(CC)C(=O)CNC(=O)OC(C)(C)C)C(=O)NS(=O)(=O)OC1(C)CC1. The Morgan fingerprint density at radius 1 is 1.05 bits per heavy atom. The lowest BCUT2D eigenvalue weighted by atomic mass is 10.0. The van der Waals surface area contributed by atoms with Crippen molar-refractivity contribution in [3.8, 4) is 0 Å². The number of likely N-dealkylation sites (N-methyl/N-ethyl adjacent to an activating group) is 1. The number of rotatable bonds is 16. The van der Waals surface area contributed by atoms with Gasteiger partial charge in [0.1, 0.15) is 23.7 Å². The number of amides is 4. The molecule has 12 nitrogen and oxygen atoms in total. The summed E-state index contributed by atoms with van der Waals surface area (Å²) in [5, 5.41) is 5.15. The molecule has 3 N–H and O–H groups in total. The number of unbranched alkanes of at least 4 members (excludes halogenated alkanes) is 4. The van der Waals surface area contributed by atoms with Crippen LogP contribution in [-0.2, 0) is 33.6 Å². The number of ether oxygens (including phenoxy) is 1. The fourth-order valence-corrected chi connectivity index (χ4v) is 5.75. The predicted octanol–water partition coefficient (Wildman–Crippen LogP) is 2.91. The van der Waals surface area contributed by atoms with E-state index in [4.69, 9.17) is 8.92 Å². The Labute approximate surface area is 238 Å². The number of hydrogen-bond donors (Lipinski definition) is 3. The van der Waals surface area contributed by atoms with E-state index in [1.807, 2.05) is 4.72 Å². The second kappa shape index (κ2) is 13.5. The quantitative estimate of drug-likeness (QED) is 0.232. The third kappa shape index (κ3) is 10.2. The largest absolute Gasteiger partial charge is 0.444 e. The Morgan fingerprint density at radius 3 is 2.23 bits per heavy atom. The van der Waals surface area contributed by atoms with E-state index in [2.05, 4.69) is 17.6 Å². The summed E-state index contributed by atoms with van der Waals surface area (Å²) in [5.74, 6) is -2.18. The van der Waals surface area contributed by atoms with E-state index < -0.39 is 56.9 Å². The van der Waals surface area contributed by atoms with Crippen LogP contribution < -0.4 is 15.4 Å². The lowest BCUT2D eigenvalue weighted by molar-refractivity contribution is -0.140. The molecule has 0 aromatic rings. The first-order valence-corrected chi connectivity index (χ1v) is 15.7. The molecule has 0 aromatic heterocycles. The summed E-state index contributed by atoms with van der Waals surface area (Å²) in [4.78, 5) is 52.7. The molecule has 2 saturated carbocycles. The average Bonchev–Trinajstić information content (AvgIpc) is 3.73. The van der Waals surface area contributed by atoms with Gasteiger partial charge in [0.05, 0.1) is 5.60 Å². The molecule has 0 aromatic carbocycles. The summed E-state index contributed by atoms with van der Waals surface area (Å²) in [7, 11) is -4.36. The normalized spacial score (nSPS) is 22.0. The third-order valence-electron chi connectivity index (χ3n) is 7.29. The Hall–Kier alpha value is -2.41. The summed E-state index contributed by atoms with van der Waals surface area (Å²) >= 11 is 0. The van der Waals surface area contributed by atoms with Crippen molar-refractivity contribution in [2.45, 2.75) is 129 Å². The van der Waals surface area contributed by atoms with Gasteiger partial charge >= 0.3 is 16.4 Å². The smallest absolute Gasteiger partial charge is 0.408 e. The topological polar surface area (TPSA) is 160 Å². The molecule has 2 fully saturated rings. The molecule has 4 amide bonds. The molecular formula is C27H48N4O8S. The molecule has 2 rings (SSSR count). The van der Waals surface area contributed by atoms with Crippen molar-refractivity contribution in [2.24, 2.45) is 5.92 Å². The Kier molecular flexibility index (Phi) is 11.4. The molecule has 0 spiro atoms. The molecule has 0 saturated heterocycles. The van der Waals surface area contributed by atoms with Gasteiger partial charge in [-0.25, -0.2) is 13.7 Å². The maximum atomic E-state index is 13.3. The van der Waals surface area contributed by atoms with Gasteiger partial charge in [0.2, 0.25) is 11.8 Å². The number of hydrogen-bond acceptors (Lipinski definition) is 8. The zero-order chi connectivity index (χ0) is 30.4. The Morgan fingerprint density at radius 2 is 1.68 bits per heavy atom. The van der Waals surface area contributed by atoms with Gasteiger partial charge in [-0.2, -0.15) is 8.42 Å². The average molecular weight is 589 g/mol. The minimum absolute atomic E-state index is 0.171. The highest BCUT2D eigenvalue weighted by molar-refractivity contribution is 7.85. The van der Waals surface area contributed by atoms with Crippen molar-refractivity contribution in [1.29, 1.82) is 0 Å². The van der Waals surface area contributed by atoms with Crippen molar-refractivity contribution < 1.29 is 36.5 Å². The molecule has 13 heteroatoms. The highest BCUT2D eigenvalue weighted by atomic mass is 32.2. The maximum absolute atomic E-state index is 13.3. The standard InChI is InChI=1S/C27H48N4O8S/c1-8-10-11-12-13-14-20-17-27(20,23(34)30-40(36,37)39-26(7)15-16-26)29-22(33)19(3)31(9-2)21(32)18-28-24(35)38-25(4,5)6/h19-20H,8-18H2,1-7H3,(H,28,35)(H,29,33)(H,30,34)/t19-,20?,27+/m0/s1.